The van der Waals surface area contributed by atoms with Gasteiger partial charge in [-0.2, -0.15) is 0 Å². The lowest BCUT2D eigenvalue weighted by molar-refractivity contribution is -0.161. The van der Waals surface area contributed by atoms with Crippen molar-refractivity contribution >= 4 is 27.6 Å². The monoisotopic (exact) mass is 962 g/mol. The lowest BCUT2D eigenvalue weighted by Gasteiger charge is -2.20. The first-order valence-corrected chi connectivity index (χ1v) is 25.7. The summed E-state index contributed by atoms with van der Waals surface area (Å²) in [5.74, 6) is -1.33. The van der Waals surface area contributed by atoms with E-state index >= 15 is 0 Å². The number of ether oxygens (including phenoxy) is 2. The average Bonchev–Trinajstić information content (AvgIpc) is 3.27. The topological polar surface area (TPSA) is 216 Å². The number of hydrogen-bond donors (Lipinski definition) is 5. The molecular weight excluding hydrogens is 886 g/mol. The van der Waals surface area contributed by atoms with Crippen LogP contribution in [0.25, 0.3) is 0 Å². The van der Waals surface area contributed by atoms with Crippen LogP contribution in [-0.4, -0.2) is 81.6 Å². The van der Waals surface area contributed by atoms with Gasteiger partial charge < -0.3 is 34.4 Å². The van der Waals surface area contributed by atoms with Gasteiger partial charge in [0.05, 0.1) is 25.9 Å². The number of carbonyl (C=O) groups excluding carboxylic acids is 2. The molecule has 0 aromatic rings. The van der Waals surface area contributed by atoms with Crippen LogP contribution in [0.3, 0.4) is 0 Å². The van der Waals surface area contributed by atoms with E-state index in [0.717, 1.165) is 57.8 Å². The van der Waals surface area contributed by atoms with Gasteiger partial charge in [-0.1, -0.05) is 160 Å². The molecule has 0 fully saturated rings. The number of hydrogen-bond acceptors (Lipinski definition) is 11. The van der Waals surface area contributed by atoms with Crippen LogP contribution >= 0.6 is 15.6 Å². The molecule has 0 saturated carbocycles. The SMILES string of the molecule is CC/C=C\C/C=C\C/C=C\C/C=C\C=C/C(O)C/C=C\CCC(=O)OC[C@H](COP(=O)(O)OC[C@@H](O)COP(=O)(O)O)OC(=O)CC/C=C\C/C=C\C/C=C\C/C=C\C/C=C\C/C=C\CC. The highest BCUT2D eigenvalue weighted by Gasteiger charge is 2.28. The zero-order valence-corrected chi connectivity index (χ0v) is 40.6. The molecule has 0 aliphatic heterocycles. The van der Waals surface area contributed by atoms with Gasteiger partial charge in [0.25, 0.3) is 0 Å². The second kappa shape index (κ2) is 43.5. The third-order valence-electron chi connectivity index (χ3n) is 8.32. The van der Waals surface area contributed by atoms with Crippen molar-refractivity contribution in [3.63, 3.8) is 0 Å². The van der Waals surface area contributed by atoms with Crippen LogP contribution in [-0.2, 0) is 41.8 Å². The lowest BCUT2D eigenvalue weighted by atomic mass is 10.2. The third-order valence-corrected chi connectivity index (χ3v) is 9.76. The maximum atomic E-state index is 12.7. The predicted molar refractivity (Wildman–Crippen MR) is 263 cm³/mol. The first-order valence-electron chi connectivity index (χ1n) is 22.6. The molecule has 0 aliphatic rings. The van der Waals surface area contributed by atoms with Crippen molar-refractivity contribution in [3.05, 3.63) is 146 Å². The summed E-state index contributed by atoms with van der Waals surface area (Å²) in [6, 6.07) is 0. The molecule has 0 amide bonds. The van der Waals surface area contributed by atoms with E-state index in [2.05, 4.69) is 108 Å². The highest BCUT2D eigenvalue weighted by Crippen LogP contribution is 2.43. The Morgan fingerprint density at radius 3 is 1.38 bits per heavy atom. The van der Waals surface area contributed by atoms with E-state index in [-0.39, 0.29) is 12.8 Å². The summed E-state index contributed by atoms with van der Waals surface area (Å²) in [7, 11) is -9.78. The molecule has 0 aromatic carbocycles. The largest absolute Gasteiger partial charge is 0.472 e. The van der Waals surface area contributed by atoms with Crippen LogP contribution < -0.4 is 0 Å². The van der Waals surface area contributed by atoms with Crippen LogP contribution in [0.2, 0.25) is 0 Å². The minimum absolute atomic E-state index is 0.0369. The van der Waals surface area contributed by atoms with Crippen molar-refractivity contribution in [1.82, 2.24) is 0 Å². The van der Waals surface area contributed by atoms with Crippen molar-refractivity contribution in [2.24, 2.45) is 0 Å². The number of carbonyl (C=O) groups is 2. The summed E-state index contributed by atoms with van der Waals surface area (Å²) in [5.41, 5.74) is 0. The lowest BCUT2D eigenvalue weighted by Crippen LogP contribution is -2.29. The molecule has 2 unspecified atom stereocenters. The highest BCUT2D eigenvalue weighted by atomic mass is 31.2. The Morgan fingerprint density at radius 2 is 0.894 bits per heavy atom. The molecule has 66 heavy (non-hydrogen) atoms. The number of phosphoric acid groups is 2. The second-order valence-corrected chi connectivity index (χ2v) is 17.1. The Morgan fingerprint density at radius 1 is 0.485 bits per heavy atom. The average molecular weight is 963 g/mol. The Hall–Kier alpha value is -4.04. The maximum absolute atomic E-state index is 12.7. The molecule has 0 heterocycles. The number of aliphatic hydroxyl groups is 2. The van der Waals surface area contributed by atoms with Crippen molar-refractivity contribution in [3.8, 4) is 0 Å². The van der Waals surface area contributed by atoms with Gasteiger partial charge in [0.2, 0.25) is 0 Å². The predicted octanol–water partition coefficient (Wildman–Crippen LogP) is 11.0. The van der Waals surface area contributed by atoms with Gasteiger partial charge in [0.15, 0.2) is 6.10 Å². The van der Waals surface area contributed by atoms with Gasteiger partial charge in [-0.3, -0.25) is 23.2 Å². The van der Waals surface area contributed by atoms with E-state index in [4.69, 9.17) is 23.8 Å². The zero-order valence-electron chi connectivity index (χ0n) is 38.8. The van der Waals surface area contributed by atoms with Crippen molar-refractivity contribution in [2.45, 2.75) is 128 Å². The van der Waals surface area contributed by atoms with Crippen LogP contribution in [0.15, 0.2) is 146 Å². The molecule has 0 rings (SSSR count). The van der Waals surface area contributed by atoms with Crippen molar-refractivity contribution in [2.75, 3.05) is 26.4 Å². The van der Waals surface area contributed by atoms with Crippen LogP contribution in [0.1, 0.15) is 110 Å². The van der Waals surface area contributed by atoms with Gasteiger partial charge in [-0.25, -0.2) is 9.13 Å². The fourth-order valence-electron chi connectivity index (χ4n) is 4.95. The molecular formula is C50H76O14P2. The molecule has 0 radical (unpaired) electrons. The Labute approximate surface area is 393 Å². The standard InChI is InChI=1S/C50H76O14P2/c1-3-5-7-9-11-13-15-17-18-19-20-21-22-24-26-28-30-32-36-41-50(54)64-48(45-63-66(58,59)62-43-47(52)42-61-65(55,56)57)44-60-49(53)40-37-33-35-39-46(51)38-34-31-29-27-25-23-16-14-12-10-8-6-4-2/h5-8,11-14,17-18,20-21,23-26,29-35,38,46-48,51-52H,3-4,9-10,15-16,19,22,27-28,36-37,39-45H2,1-2H3,(H,58,59)(H2,55,56,57)/b7-5-,8-6-,13-11-,14-12-,18-17-,21-20-,25-23-,26-24-,31-29-,32-30-,35-33-,38-34-/t46?,47-,48+/m0/s1. The van der Waals surface area contributed by atoms with Crippen molar-refractivity contribution in [1.29, 1.82) is 0 Å². The van der Waals surface area contributed by atoms with Crippen molar-refractivity contribution < 1.29 is 66.7 Å². The summed E-state index contributed by atoms with van der Waals surface area (Å²) >= 11 is 0. The summed E-state index contributed by atoms with van der Waals surface area (Å²) in [4.78, 5) is 52.7. The molecule has 4 atom stereocenters. The van der Waals surface area contributed by atoms with Gasteiger partial charge >= 0.3 is 27.6 Å². The molecule has 0 aromatic heterocycles. The Bertz CT molecular complexity index is 1730. The quantitative estimate of drug-likeness (QED) is 0.0167. The molecule has 0 bridgehead atoms. The minimum Gasteiger partial charge on any atom is -0.462 e. The molecule has 14 nitrogen and oxygen atoms in total. The van der Waals surface area contributed by atoms with E-state index < -0.39 is 72.3 Å². The van der Waals surface area contributed by atoms with Gasteiger partial charge in [-0.05, 0) is 83.5 Å². The number of rotatable bonds is 40. The molecule has 5 N–H and O–H groups in total. The van der Waals surface area contributed by atoms with Gasteiger partial charge in [0.1, 0.15) is 12.7 Å². The highest BCUT2D eigenvalue weighted by molar-refractivity contribution is 7.47. The number of esters is 2. The normalized spacial score (nSPS) is 15.7. The minimum atomic E-state index is -4.90. The smallest absolute Gasteiger partial charge is 0.462 e. The fourth-order valence-corrected chi connectivity index (χ4v) is 6.11. The number of allylic oxidation sites excluding steroid dienone is 22. The number of phosphoric ester groups is 2. The summed E-state index contributed by atoms with van der Waals surface area (Å²) in [5, 5.41) is 20.0. The summed E-state index contributed by atoms with van der Waals surface area (Å²) in [6.45, 7) is 1.22. The number of aliphatic hydroxyl groups excluding tert-OH is 2. The molecule has 0 spiro atoms. The zero-order chi connectivity index (χ0) is 48.8. The second-order valence-electron chi connectivity index (χ2n) is 14.4. The Balaban J connectivity index is 4.85. The maximum Gasteiger partial charge on any atom is 0.472 e. The third kappa shape index (κ3) is 46.5. The first-order chi connectivity index (χ1) is 31.8. The van der Waals surface area contributed by atoms with Crippen LogP contribution in [0.5, 0.6) is 0 Å². The van der Waals surface area contributed by atoms with Gasteiger partial charge in [-0.15, -0.1) is 0 Å². The molecule has 16 heteroatoms. The fraction of sp³-hybridized carbons (Fsp3) is 0.480. The Kier molecular flexibility index (Phi) is 40.9. The van der Waals surface area contributed by atoms with Crippen LogP contribution in [0, 0.1) is 0 Å². The van der Waals surface area contributed by atoms with E-state index in [0.29, 0.717) is 25.7 Å². The molecule has 0 aliphatic carbocycles. The van der Waals surface area contributed by atoms with Crippen LogP contribution in [0.4, 0.5) is 0 Å². The summed E-state index contributed by atoms with van der Waals surface area (Å²) < 4.78 is 47.6. The van der Waals surface area contributed by atoms with Gasteiger partial charge in [0, 0.05) is 12.8 Å². The first kappa shape index (κ1) is 62.0. The van der Waals surface area contributed by atoms with E-state index in [1.807, 2.05) is 36.5 Å². The van der Waals surface area contributed by atoms with E-state index in [1.165, 1.54) is 0 Å². The van der Waals surface area contributed by atoms with E-state index in [9.17, 15) is 33.8 Å². The molecule has 0 saturated heterocycles. The summed E-state index contributed by atoms with van der Waals surface area (Å²) in [6.07, 6.45) is 54.6. The van der Waals surface area contributed by atoms with E-state index in [1.54, 1.807) is 24.3 Å². The molecule has 370 valence electrons.